The molecule has 114 valence electrons. The molecule has 1 aromatic heterocycles. The zero-order chi connectivity index (χ0) is 16.3. The highest BCUT2D eigenvalue weighted by molar-refractivity contribution is 7.90. The fourth-order valence-electron chi connectivity index (χ4n) is 1.71. The first-order valence-corrected chi connectivity index (χ1v) is 8.04. The van der Waals surface area contributed by atoms with E-state index in [-0.39, 0.29) is 21.8 Å². The van der Waals surface area contributed by atoms with Gasteiger partial charge in [-0.2, -0.15) is 0 Å². The molecular weight excluding hydrogens is 306 g/mol. The summed E-state index contributed by atoms with van der Waals surface area (Å²) in [5.74, 6) is -1.04. The first-order valence-electron chi connectivity index (χ1n) is 6.15. The molecule has 0 aliphatic heterocycles. The highest BCUT2D eigenvalue weighted by atomic mass is 32.2. The van der Waals surface area contributed by atoms with Gasteiger partial charge in [-0.1, -0.05) is 6.07 Å². The normalized spacial score (nSPS) is 11.0. The topological polar surface area (TPSA) is 119 Å². The number of sulfone groups is 1. The number of rotatable bonds is 4. The van der Waals surface area contributed by atoms with Crippen molar-refractivity contribution in [2.24, 2.45) is 5.73 Å². The third-order valence-electron chi connectivity index (χ3n) is 2.81. The van der Waals surface area contributed by atoms with Crippen LogP contribution in [-0.4, -0.2) is 31.5 Å². The molecule has 2 amide bonds. The molecule has 2 aromatic rings. The fraction of sp³-hybridized carbons (Fsp3) is 0.0714. The highest BCUT2D eigenvalue weighted by Gasteiger charge is 2.12. The highest BCUT2D eigenvalue weighted by Crippen LogP contribution is 2.13. The third-order valence-corrected chi connectivity index (χ3v) is 3.92. The molecule has 2 rings (SSSR count). The second kappa shape index (κ2) is 5.94. The minimum Gasteiger partial charge on any atom is -0.366 e. The monoisotopic (exact) mass is 319 g/mol. The van der Waals surface area contributed by atoms with Crippen LogP contribution in [-0.2, 0) is 9.84 Å². The smallest absolute Gasteiger partial charge is 0.256 e. The van der Waals surface area contributed by atoms with Crippen LogP contribution in [0.1, 0.15) is 20.7 Å². The van der Waals surface area contributed by atoms with Gasteiger partial charge in [0.2, 0.25) is 5.91 Å². The molecule has 3 N–H and O–H groups in total. The van der Waals surface area contributed by atoms with E-state index in [1.165, 1.54) is 42.6 Å². The Morgan fingerprint density at radius 2 is 1.86 bits per heavy atom. The molecule has 0 unspecified atom stereocenters. The van der Waals surface area contributed by atoms with Crippen molar-refractivity contribution in [2.45, 2.75) is 4.90 Å². The van der Waals surface area contributed by atoms with Crippen molar-refractivity contribution in [1.29, 1.82) is 0 Å². The summed E-state index contributed by atoms with van der Waals surface area (Å²) < 4.78 is 23.0. The van der Waals surface area contributed by atoms with Crippen LogP contribution in [0.15, 0.2) is 47.5 Å². The quantitative estimate of drug-likeness (QED) is 0.865. The van der Waals surface area contributed by atoms with Gasteiger partial charge in [0.25, 0.3) is 5.91 Å². The van der Waals surface area contributed by atoms with Gasteiger partial charge in [-0.25, -0.2) is 13.4 Å². The summed E-state index contributed by atoms with van der Waals surface area (Å²) in [6.07, 6.45) is 2.39. The van der Waals surface area contributed by atoms with E-state index in [0.717, 1.165) is 6.26 Å². The standard InChI is InChI=1S/C14H13N3O4S/c1-22(20,21)11-4-2-3-10(7-11)14(19)17-12-8-9(13(15)18)5-6-16-12/h2-8H,1H3,(H2,15,18)(H,16,17,19). The van der Waals surface area contributed by atoms with Crippen LogP contribution in [0.3, 0.4) is 0 Å². The maximum absolute atomic E-state index is 12.1. The average molecular weight is 319 g/mol. The zero-order valence-electron chi connectivity index (χ0n) is 11.6. The molecule has 0 radical (unpaired) electrons. The summed E-state index contributed by atoms with van der Waals surface area (Å²) in [7, 11) is -3.41. The van der Waals surface area contributed by atoms with Crippen molar-refractivity contribution in [1.82, 2.24) is 4.98 Å². The minimum absolute atomic E-state index is 0.0407. The predicted molar refractivity (Wildman–Crippen MR) is 80.3 cm³/mol. The lowest BCUT2D eigenvalue weighted by Gasteiger charge is -2.06. The van der Waals surface area contributed by atoms with Gasteiger partial charge in [0.05, 0.1) is 4.90 Å². The van der Waals surface area contributed by atoms with Gasteiger partial charge in [-0.15, -0.1) is 0 Å². The molecule has 0 aliphatic rings. The largest absolute Gasteiger partial charge is 0.366 e. The van der Waals surface area contributed by atoms with Crippen LogP contribution < -0.4 is 11.1 Å². The summed E-state index contributed by atoms with van der Waals surface area (Å²) in [6, 6.07) is 8.37. The van der Waals surface area contributed by atoms with Gasteiger partial charge >= 0.3 is 0 Å². The van der Waals surface area contributed by atoms with Gasteiger partial charge < -0.3 is 11.1 Å². The summed E-state index contributed by atoms with van der Waals surface area (Å²) in [6.45, 7) is 0. The number of pyridine rings is 1. The number of primary amides is 1. The molecule has 8 heteroatoms. The van der Waals surface area contributed by atoms with E-state index in [4.69, 9.17) is 5.73 Å². The average Bonchev–Trinajstić information content (AvgIpc) is 2.46. The second-order valence-electron chi connectivity index (χ2n) is 4.55. The number of carbonyl (C=O) groups excluding carboxylic acids is 2. The number of carbonyl (C=O) groups is 2. The Kier molecular flexibility index (Phi) is 4.22. The Morgan fingerprint density at radius 3 is 2.50 bits per heavy atom. The van der Waals surface area contributed by atoms with Gasteiger partial charge in [-0.3, -0.25) is 9.59 Å². The van der Waals surface area contributed by atoms with E-state index in [1.54, 1.807) is 0 Å². The lowest BCUT2D eigenvalue weighted by molar-refractivity contribution is 0.0996. The first kappa shape index (κ1) is 15.6. The van der Waals surface area contributed by atoms with Crippen molar-refractivity contribution in [3.05, 3.63) is 53.7 Å². The van der Waals surface area contributed by atoms with Crippen LogP contribution in [0.5, 0.6) is 0 Å². The number of amides is 2. The molecule has 0 aliphatic carbocycles. The lowest BCUT2D eigenvalue weighted by atomic mass is 10.2. The third kappa shape index (κ3) is 3.67. The molecule has 0 bridgehead atoms. The van der Waals surface area contributed by atoms with Crippen LogP contribution in [0.25, 0.3) is 0 Å². The van der Waals surface area contributed by atoms with Gasteiger partial charge in [0, 0.05) is 23.6 Å². The fourth-order valence-corrected chi connectivity index (χ4v) is 2.38. The van der Waals surface area contributed by atoms with Crippen LogP contribution in [0.2, 0.25) is 0 Å². The maximum atomic E-state index is 12.1. The van der Waals surface area contributed by atoms with Crippen molar-refractivity contribution in [3.8, 4) is 0 Å². The number of nitrogens with one attached hydrogen (secondary N) is 1. The number of hydrogen-bond donors (Lipinski definition) is 2. The lowest BCUT2D eigenvalue weighted by Crippen LogP contribution is -2.15. The van der Waals surface area contributed by atoms with Gasteiger partial charge in [-0.05, 0) is 30.3 Å². The number of hydrogen-bond acceptors (Lipinski definition) is 5. The molecule has 0 spiro atoms. The van der Waals surface area contributed by atoms with Crippen LogP contribution >= 0.6 is 0 Å². The molecule has 1 heterocycles. The number of benzene rings is 1. The van der Waals surface area contributed by atoms with E-state index < -0.39 is 21.7 Å². The number of nitrogens with two attached hydrogens (primary N) is 1. The van der Waals surface area contributed by atoms with Gasteiger partial charge in [0.1, 0.15) is 5.82 Å². The van der Waals surface area contributed by atoms with Crippen molar-refractivity contribution >= 4 is 27.5 Å². The van der Waals surface area contributed by atoms with Gasteiger partial charge in [0.15, 0.2) is 9.84 Å². The van der Waals surface area contributed by atoms with E-state index in [0.29, 0.717) is 0 Å². The predicted octanol–water partition coefficient (Wildman–Crippen LogP) is 0.836. The van der Waals surface area contributed by atoms with Crippen molar-refractivity contribution in [3.63, 3.8) is 0 Å². The molecule has 0 fully saturated rings. The number of anilines is 1. The second-order valence-corrected chi connectivity index (χ2v) is 6.56. The summed E-state index contributed by atoms with van der Waals surface area (Å²) in [4.78, 5) is 27.1. The maximum Gasteiger partial charge on any atom is 0.256 e. The van der Waals surface area contributed by atoms with Crippen LogP contribution in [0.4, 0.5) is 5.82 Å². The molecule has 0 atom stereocenters. The Bertz CT molecular complexity index is 847. The van der Waals surface area contributed by atoms with Crippen molar-refractivity contribution < 1.29 is 18.0 Å². The SMILES string of the molecule is CS(=O)(=O)c1cccc(C(=O)Nc2cc(C(N)=O)ccn2)c1. The van der Waals surface area contributed by atoms with E-state index in [2.05, 4.69) is 10.3 Å². The molecule has 7 nitrogen and oxygen atoms in total. The molecule has 0 saturated carbocycles. The zero-order valence-corrected chi connectivity index (χ0v) is 12.4. The van der Waals surface area contributed by atoms with E-state index in [1.807, 2.05) is 0 Å². The summed E-state index contributed by atoms with van der Waals surface area (Å²) in [5, 5.41) is 2.48. The Hall–Kier alpha value is -2.74. The van der Waals surface area contributed by atoms with Crippen molar-refractivity contribution in [2.75, 3.05) is 11.6 Å². The molecule has 22 heavy (non-hydrogen) atoms. The van der Waals surface area contributed by atoms with E-state index in [9.17, 15) is 18.0 Å². The van der Waals surface area contributed by atoms with E-state index >= 15 is 0 Å². The Labute approximate surface area is 127 Å². The molecule has 1 aromatic carbocycles. The summed E-state index contributed by atoms with van der Waals surface area (Å²) >= 11 is 0. The minimum atomic E-state index is -3.41. The number of aromatic nitrogens is 1. The molecular formula is C14H13N3O4S. The Balaban J connectivity index is 2.26. The van der Waals surface area contributed by atoms with Crippen LogP contribution in [0, 0.1) is 0 Å². The number of nitrogens with zero attached hydrogens (tertiary/aromatic N) is 1. The molecule has 0 saturated heterocycles. The Morgan fingerprint density at radius 1 is 1.14 bits per heavy atom. The summed E-state index contributed by atoms with van der Waals surface area (Å²) in [5.41, 5.74) is 5.51. The first-order chi connectivity index (χ1) is 10.3.